The Kier molecular flexibility index (Phi) is 25.5. The van der Waals surface area contributed by atoms with Crippen molar-refractivity contribution < 1.29 is 58.2 Å². The van der Waals surface area contributed by atoms with Crippen molar-refractivity contribution in [1.29, 1.82) is 0 Å². The lowest BCUT2D eigenvalue weighted by molar-refractivity contribution is -0.139. The van der Waals surface area contributed by atoms with Crippen molar-refractivity contribution in [2.45, 2.75) is 199 Å². The summed E-state index contributed by atoms with van der Waals surface area (Å²) in [7, 11) is 1.34. The van der Waals surface area contributed by atoms with Crippen molar-refractivity contribution in [2.75, 3.05) is 7.05 Å². The number of likely N-dealkylation sites (N-methyl/N-ethyl adjacent to an activating group) is 1. The lowest BCUT2D eigenvalue weighted by Gasteiger charge is -2.34. The quantitative estimate of drug-likeness (QED) is 0.0649. The third kappa shape index (κ3) is 19.3. The molecule has 69 heavy (non-hydrogen) atoms. The largest absolute Gasteiger partial charge is 0.391 e. The Balaban J connectivity index is 3.72. The number of amides is 10. The van der Waals surface area contributed by atoms with Crippen LogP contribution in [0.4, 0.5) is 0 Å². The molecule has 392 valence electrons. The maximum atomic E-state index is 14.3. The molecule has 0 aromatic rings. The van der Waals surface area contributed by atoms with E-state index < -0.39 is 136 Å². The highest BCUT2D eigenvalue weighted by atomic mass is 16.3. The smallest absolute Gasteiger partial charge is 0.246 e. The van der Waals surface area contributed by atoms with Gasteiger partial charge in [-0.15, -0.1) is 0 Å². The van der Waals surface area contributed by atoms with E-state index >= 15 is 0 Å². The highest BCUT2D eigenvalue weighted by Crippen LogP contribution is 2.20. The SMILES string of the molecule is CCC1NC(=O)C(C(C)CC)NC(=O)C(C)NC(=O)C(C)(NC(=O)C(CCC(N)=O)NC(=O)C(N)C(C)O)CCC/C=C/CCCC(C)(C(=O)NC(C(=O)NC(C(=O)NC)C(C)O)C(C)C)NC1=O. The molecule has 15 N–H and O–H groups in total. The summed E-state index contributed by atoms with van der Waals surface area (Å²) in [5.74, 6) is -8.69. The molecule has 1 aliphatic rings. The van der Waals surface area contributed by atoms with E-state index in [2.05, 4.69) is 47.9 Å². The minimum atomic E-state index is -1.73. The first-order chi connectivity index (χ1) is 32.1. The number of nitrogens with one attached hydrogen (secondary N) is 9. The number of nitrogens with two attached hydrogens (primary N) is 2. The zero-order valence-corrected chi connectivity index (χ0v) is 42.2. The Morgan fingerprint density at radius 1 is 0.768 bits per heavy atom. The average molecular weight is 980 g/mol. The van der Waals surface area contributed by atoms with E-state index in [9.17, 15) is 58.2 Å². The number of aliphatic hydroxyl groups excluding tert-OH is 2. The van der Waals surface area contributed by atoms with Gasteiger partial charge in [0.2, 0.25) is 59.1 Å². The second kappa shape index (κ2) is 28.7. The van der Waals surface area contributed by atoms with E-state index in [1.807, 2.05) is 12.2 Å². The Bertz CT molecular complexity index is 1850. The van der Waals surface area contributed by atoms with E-state index in [-0.39, 0.29) is 32.1 Å². The molecule has 0 aromatic carbocycles. The van der Waals surface area contributed by atoms with Crippen LogP contribution in [0.2, 0.25) is 0 Å². The van der Waals surface area contributed by atoms with Crippen LogP contribution in [0.5, 0.6) is 0 Å². The second-order valence-electron chi connectivity index (χ2n) is 18.8. The Hall–Kier alpha value is -5.68. The molecule has 23 nitrogen and oxygen atoms in total. The topological polar surface area (TPSA) is 371 Å². The van der Waals surface area contributed by atoms with Gasteiger partial charge in [0.15, 0.2) is 0 Å². The fourth-order valence-corrected chi connectivity index (χ4v) is 7.26. The Morgan fingerprint density at radius 3 is 1.87 bits per heavy atom. The van der Waals surface area contributed by atoms with Gasteiger partial charge in [-0.2, -0.15) is 0 Å². The summed E-state index contributed by atoms with van der Waals surface area (Å²) >= 11 is 0. The van der Waals surface area contributed by atoms with Crippen molar-refractivity contribution in [3.63, 3.8) is 0 Å². The van der Waals surface area contributed by atoms with Crippen LogP contribution in [0.15, 0.2) is 12.2 Å². The number of primary amides is 1. The molecule has 0 spiro atoms. The van der Waals surface area contributed by atoms with Gasteiger partial charge in [0.1, 0.15) is 53.4 Å². The summed E-state index contributed by atoms with van der Waals surface area (Å²) in [5.41, 5.74) is 7.73. The molecule has 1 rings (SSSR count). The van der Waals surface area contributed by atoms with E-state index in [1.165, 1.54) is 41.7 Å². The van der Waals surface area contributed by atoms with Gasteiger partial charge in [-0.05, 0) is 97.8 Å². The molecule has 10 amide bonds. The maximum absolute atomic E-state index is 14.3. The third-order valence-electron chi connectivity index (χ3n) is 12.3. The first-order valence-electron chi connectivity index (χ1n) is 23.8. The summed E-state index contributed by atoms with van der Waals surface area (Å²) < 4.78 is 0. The monoisotopic (exact) mass is 980 g/mol. The predicted octanol–water partition coefficient (Wildman–Crippen LogP) is -2.21. The lowest BCUT2D eigenvalue weighted by Crippen LogP contribution is -2.65. The average Bonchev–Trinajstić information content (AvgIpc) is 3.28. The fourth-order valence-electron chi connectivity index (χ4n) is 7.26. The van der Waals surface area contributed by atoms with Gasteiger partial charge in [0, 0.05) is 13.5 Å². The molecule has 12 atom stereocenters. The van der Waals surface area contributed by atoms with Crippen LogP contribution >= 0.6 is 0 Å². The van der Waals surface area contributed by atoms with Crippen molar-refractivity contribution in [3.05, 3.63) is 12.2 Å². The molecule has 1 aliphatic heterocycles. The van der Waals surface area contributed by atoms with E-state index in [0.29, 0.717) is 32.1 Å². The zero-order chi connectivity index (χ0) is 53.0. The van der Waals surface area contributed by atoms with Crippen molar-refractivity contribution in [1.82, 2.24) is 47.9 Å². The predicted molar refractivity (Wildman–Crippen MR) is 256 cm³/mol. The number of carbonyl (C=O) groups is 10. The molecule has 12 unspecified atom stereocenters. The van der Waals surface area contributed by atoms with Gasteiger partial charge in [-0.25, -0.2) is 0 Å². The van der Waals surface area contributed by atoms with Gasteiger partial charge in [0.25, 0.3) is 0 Å². The molecule has 0 fully saturated rings. The summed E-state index contributed by atoms with van der Waals surface area (Å²) in [6.45, 7) is 15.4. The summed E-state index contributed by atoms with van der Waals surface area (Å²) in [6.07, 6.45) is 2.42. The Labute approximate surface area is 405 Å². The fraction of sp³-hybridized carbons (Fsp3) is 0.739. The number of aliphatic hydroxyl groups is 2. The summed E-state index contributed by atoms with van der Waals surface area (Å²) in [5, 5.41) is 43.6. The van der Waals surface area contributed by atoms with E-state index in [1.54, 1.807) is 34.6 Å². The third-order valence-corrected chi connectivity index (χ3v) is 12.3. The van der Waals surface area contributed by atoms with Crippen LogP contribution in [0.25, 0.3) is 0 Å². The van der Waals surface area contributed by atoms with Crippen LogP contribution < -0.4 is 59.3 Å². The molecular formula is C46H81N11O12. The van der Waals surface area contributed by atoms with E-state index in [0.717, 1.165) is 0 Å². The highest BCUT2D eigenvalue weighted by Gasteiger charge is 2.42. The van der Waals surface area contributed by atoms with Crippen LogP contribution in [0, 0.1) is 11.8 Å². The number of carbonyl (C=O) groups excluding carboxylic acids is 10. The first kappa shape index (κ1) is 61.3. The molecule has 1 heterocycles. The molecule has 0 aromatic heterocycles. The van der Waals surface area contributed by atoms with Gasteiger partial charge < -0.3 is 69.5 Å². The van der Waals surface area contributed by atoms with Crippen molar-refractivity contribution in [2.24, 2.45) is 23.3 Å². The van der Waals surface area contributed by atoms with E-state index in [4.69, 9.17) is 11.5 Å². The molecule has 23 heteroatoms. The summed E-state index contributed by atoms with van der Waals surface area (Å²) in [4.78, 5) is 135. The standard InChI is InChI=1S/C46H81N11O12/c1-12-25(5)34-42(67)51-29(13-2)37(62)56-46(10,44(69)55-33(24(3)4)41(66)54-35(28(8)59)40(65)49-11)23-19-17-15-14-16-18-22-45(9,43(68)50-26(6)36(61)53-34)57-38(63)30(20-21-31(47)60)52-39(64)32(48)27(7)58/h14-15,24-30,32-35,58-59H,12-13,16-23,48H2,1-11H3,(H2,47,60)(H,49,65)(H,50,68)(H,51,67)(H,52,64)(H,53,61)(H,54,66)(H,55,69)(H,56,62)(H,57,63)/b15-14+. The summed E-state index contributed by atoms with van der Waals surface area (Å²) in [6, 6.07) is -9.06. The van der Waals surface area contributed by atoms with Gasteiger partial charge in [-0.3, -0.25) is 47.9 Å². The number of allylic oxidation sites excluding steroid dienone is 2. The molecule has 0 radical (unpaired) electrons. The Morgan fingerprint density at radius 2 is 1.36 bits per heavy atom. The zero-order valence-electron chi connectivity index (χ0n) is 42.2. The van der Waals surface area contributed by atoms with Crippen LogP contribution in [-0.2, 0) is 47.9 Å². The normalized spacial score (nSPS) is 25.9. The van der Waals surface area contributed by atoms with Gasteiger partial charge in [0.05, 0.1) is 12.2 Å². The molecular weight excluding hydrogens is 899 g/mol. The van der Waals surface area contributed by atoms with Crippen molar-refractivity contribution >= 4 is 59.1 Å². The number of rotatable bonds is 18. The maximum Gasteiger partial charge on any atom is 0.246 e. The van der Waals surface area contributed by atoms with Crippen LogP contribution in [0.1, 0.15) is 133 Å². The van der Waals surface area contributed by atoms with Gasteiger partial charge in [-0.1, -0.05) is 53.2 Å². The molecule has 0 saturated heterocycles. The van der Waals surface area contributed by atoms with Crippen molar-refractivity contribution in [3.8, 4) is 0 Å². The molecule has 0 aliphatic carbocycles. The minimum absolute atomic E-state index is 0.000812. The first-order valence-corrected chi connectivity index (χ1v) is 23.8. The number of hydrogen-bond donors (Lipinski definition) is 13. The second-order valence-corrected chi connectivity index (χ2v) is 18.8. The van der Waals surface area contributed by atoms with Crippen LogP contribution in [-0.4, -0.2) is 142 Å². The molecule has 0 bridgehead atoms. The molecule has 0 saturated carbocycles. The highest BCUT2D eigenvalue weighted by molar-refractivity contribution is 6.00. The number of hydrogen-bond acceptors (Lipinski definition) is 13. The van der Waals surface area contributed by atoms with Gasteiger partial charge >= 0.3 is 0 Å². The van der Waals surface area contributed by atoms with Crippen LogP contribution in [0.3, 0.4) is 0 Å². The lowest BCUT2D eigenvalue weighted by atomic mass is 9.91. The minimum Gasteiger partial charge on any atom is -0.391 e.